The van der Waals surface area contributed by atoms with Gasteiger partial charge in [0.1, 0.15) is 4.88 Å². The molecule has 0 atom stereocenters. The van der Waals surface area contributed by atoms with E-state index in [-0.39, 0.29) is 11.9 Å². The number of thiophene rings is 1. The predicted molar refractivity (Wildman–Crippen MR) is 84.0 cm³/mol. The molecule has 3 rings (SSSR count). The third-order valence-electron chi connectivity index (χ3n) is 3.17. The van der Waals surface area contributed by atoms with Crippen molar-refractivity contribution in [3.05, 3.63) is 46.8 Å². The van der Waals surface area contributed by atoms with Gasteiger partial charge < -0.3 is 9.64 Å². The molecule has 0 unspecified atom stereocenters. The van der Waals surface area contributed by atoms with E-state index < -0.39 is 0 Å². The van der Waals surface area contributed by atoms with Crippen LogP contribution in [0.3, 0.4) is 0 Å². The van der Waals surface area contributed by atoms with Crippen molar-refractivity contribution in [3.63, 3.8) is 0 Å². The van der Waals surface area contributed by atoms with Crippen LogP contribution in [0.1, 0.15) is 15.2 Å². The Hall–Kier alpha value is -1.79. The van der Waals surface area contributed by atoms with E-state index in [4.69, 9.17) is 4.74 Å². The molecule has 0 bridgehead atoms. The van der Waals surface area contributed by atoms with E-state index in [1.165, 1.54) is 30.2 Å². The molecule has 108 valence electrons. The Balaban J connectivity index is 1.93. The van der Waals surface area contributed by atoms with E-state index in [0.717, 1.165) is 15.5 Å². The monoisotopic (exact) mass is 319 g/mol. The maximum atomic E-state index is 12.2. The summed E-state index contributed by atoms with van der Waals surface area (Å²) in [5, 5.41) is 0. The maximum Gasteiger partial charge on any atom is 0.348 e. The molecule has 0 aliphatic carbocycles. The first kappa shape index (κ1) is 14.2. The van der Waals surface area contributed by atoms with E-state index in [0.29, 0.717) is 17.2 Å². The molecule has 2 heterocycles. The molecule has 0 saturated carbocycles. The number of thioether (sulfide) groups is 1. The number of amides is 1. The summed E-state index contributed by atoms with van der Waals surface area (Å²) in [4.78, 5) is 26.1. The zero-order valence-electron chi connectivity index (χ0n) is 11.4. The second-order valence-electron chi connectivity index (χ2n) is 4.53. The molecular formula is C15H13NO3S2. The Kier molecular flexibility index (Phi) is 3.98. The third kappa shape index (κ3) is 2.82. The van der Waals surface area contributed by atoms with Gasteiger partial charge >= 0.3 is 5.97 Å². The number of benzene rings is 1. The lowest BCUT2D eigenvalue weighted by molar-refractivity contribution is -0.116. The predicted octanol–water partition coefficient (Wildman–Crippen LogP) is 3.17. The third-order valence-corrected chi connectivity index (χ3v) is 5.53. The van der Waals surface area contributed by atoms with Gasteiger partial charge in [-0.05, 0) is 11.6 Å². The lowest BCUT2D eigenvalue weighted by Gasteiger charge is -2.26. The highest BCUT2D eigenvalue weighted by molar-refractivity contribution is 8.02. The number of methoxy groups -OCH3 is 1. The maximum absolute atomic E-state index is 12.2. The van der Waals surface area contributed by atoms with Crippen molar-refractivity contribution in [1.29, 1.82) is 0 Å². The van der Waals surface area contributed by atoms with E-state index in [9.17, 15) is 9.59 Å². The fourth-order valence-corrected chi connectivity index (χ4v) is 4.36. The first-order valence-corrected chi connectivity index (χ1v) is 8.18. The molecule has 1 aliphatic rings. The molecular weight excluding hydrogens is 306 g/mol. The molecule has 0 saturated heterocycles. The van der Waals surface area contributed by atoms with Gasteiger partial charge in [-0.25, -0.2) is 4.79 Å². The summed E-state index contributed by atoms with van der Waals surface area (Å²) in [6.07, 6.45) is 0. The van der Waals surface area contributed by atoms with Gasteiger partial charge in [0.2, 0.25) is 5.91 Å². The van der Waals surface area contributed by atoms with E-state index >= 15 is 0 Å². The number of carbonyl (C=O) groups excluding carboxylic acids is 2. The summed E-state index contributed by atoms with van der Waals surface area (Å²) >= 11 is 2.86. The van der Waals surface area contributed by atoms with E-state index in [1.807, 2.05) is 30.3 Å². The number of rotatable bonds is 3. The zero-order chi connectivity index (χ0) is 14.8. The minimum atomic E-state index is -0.359. The number of carbonyl (C=O) groups is 2. The molecule has 6 heteroatoms. The van der Waals surface area contributed by atoms with Crippen LogP contribution in [0.15, 0.2) is 40.6 Å². The summed E-state index contributed by atoms with van der Waals surface area (Å²) in [5.74, 6) is 0.105. The van der Waals surface area contributed by atoms with Crippen molar-refractivity contribution >= 4 is 40.7 Å². The van der Waals surface area contributed by atoms with Gasteiger partial charge in [0.15, 0.2) is 0 Å². The van der Waals surface area contributed by atoms with Crippen LogP contribution < -0.4 is 4.90 Å². The Morgan fingerprint density at radius 1 is 1.33 bits per heavy atom. The van der Waals surface area contributed by atoms with Gasteiger partial charge in [-0.3, -0.25) is 4.79 Å². The van der Waals surface area contributed by atoms with E-state index in [2.05, 4.69) is 0 Å². The largest absolute Gasteiger partial charge is 0.465 e. The number of ether oxygens (including phenoxy) is 1. The highest BCUT2D eigenvalue weighted by Crippen LogP contribution is 2.42. The van der Waals surface area contributed by atoms with Gasteiger partial charge in [0.05, 0.1) is 29.3 Å². The Labute approximate surface area is 130 Å². The molecule has 0 radical (unpaired) electrons. The SMILES string of the molecule is COC(=O)c1cc2c(s1)SCC(=O)N2Cc1ccccc1. The molecule has 0 spiro atoms. The summed E-state index contributed by atoms with van der Waals surface area (Å²) < 4.78 is 5.74. The summed E-state index contributed by atoms with van der Waals surface area (Å²) in [5.41, 5.74) is 1.88. The van der Waals surface area contributed by atoms with Gasteiger partial charge in [0.25, 0.3) is 0 Å². The highest BCUT2D eigenvalue weighted by Gasteiger charge is 2.28. The van der Waals surface area contributed by atoms with Crippen LogP contribution in [0.2, 0.25) is 0 Å². The minimum absolute atomic E-state index is 0.0607. The zero-order valence-corrected chi connectivity index (χ0v) is 13.0. The number of nitrogens with zero attached hydrogens (tertiary/aromatic N) is 1. The van der Waals surface area contributed by atoms with Crippen LogP contribution in [-0.4, -0.2) is 24.7 Å². The van der Waals surface area contributed by atoms with Crippen molar-refractivity contribution in [2.24, 2.45) is 0 Å². The smallest absolute Gasteiger partial charge is 0.348 e. The van der Waals surface area contributed by atoms with E-state index in [1.54, 1.807) is 11.0 Å². The average molecular weight is 319 g/mol. The first-order valence-electron chi connectivity index (χ1n) is 6.38. The van der Waals surface area contributed by atoms with Gasteiger partial charge in [-0.15, -0.1) is 23.1 Å². The second kappa shape index (κ2) is 5.91. The van der Waals surface area contributed by atoms with Crippen LogP contribution >= 0.6 is 23.1 Å². The molecule has 1 aromatic heterocycles. The Morgan fingerprint density at radius 3 is 2.81 bits per heavy atom. The van der Waals surface area contributed by atoms with Gasteiger partial charge in [-0.1, -0.05) is 30.3 Å². The van der Waals surface area contributed by atoms with Crippen molar-refractivity contribution in [3.8, 4) is 0 Å². The molecule has 1 aliphatic heterocycles. The lowest BCUT2D eigenvalue weighted by Crippen LogP contribution is -2.34. The first-order chi connectivity index (χ1) is 10.2. The summed E-state index contributed by atoms with van der Waals surface area (Å²) in [7, 11) is 1.36. The average Bonchev–Trinajstić information content (AvgIpc) is 2.95. The summed E-state index contributed by atoms with van der Waals surface area (Å²) in [6, 6.07) is 11.6. The molecule has 4 nitrogen and oxygen atoms in total. The van der Waals surface area contributed by atoms with Crippen LogP contribution in [0.5, 0.6) is 0 Å². The van der Waals surface area contributed by atoms with Crippen molar-refractivity contribution in [2.75, 3.05) is 17.8 Å². The van der Waals surface area contributed by atoms with Crippen molar-refractivity contribution in [2.45, 2.75) is 10.8 Å². The fourth-order valence-electron chi connectivity index (χ4n) is 2.14. The van der Waals surface area contributed by atoms with Gasteiger partial charge in [-0.2, -0.15) is 0 Å². The molecule has 2 aromatic rings. The number of hydrogen-bond acceptors (Lipinski definition) is 5. The number of anilines is 1. The molecule has 0 N–H and O–H groups in total. The topological polar surface area (TPSA) is 46.6 Å². The van der Waals surface area contributed by atoms with Crippen LogP contribution in [0.25, 0.3) is 0 Å². The number of esters is 1. The van der Waals surface area contributed by atoms with Crippen molar-refractivity contribution in [1.82, 2.24) is 0 Å². The van der Waals surface area contributed by atoms with Crippen LogP contribution in [-0.2, 0) is 16.1 Å². The van der Waals surface area contributed by atoms with Crippen molar-refractivity contribution < 1.29 is 14.3 Å². The minimum Gasteiger partial charge on any atom is -0.465 e. The quantitative estimate of drug-likeness (QED) is 0.815. The second-order valence-corrected chi connectivity index (χ2v) is 6.83. The molecule has 1 amide bonds. The molecule has 21 heavy (non-hydrogen) atoms. The van der Waals surface area contributed by atoms with Crippen LogP contribution in [0.4, 0.5) is 5.69 Å². The Morgan fingerprint density at radius 2 is 2.10 bits per heavy atom. The lowest BCUT2D eigenvalue weighted by atomic mass is 10.2. The number of hydrogen-bond donors (Lipinski definition) is 0. The normalized spacial score (nSPS) is 14.0. The molecule has 0 fully saturated rings. The fraction of sp³-hybridized carbons (Fsp3) is 0.200. The standard InChI is InChI=1S/C15H13NO3S2/c1-19-14(18)12-7-11-15(21-12)20-9-13(17)16(11)8-10-5-3-2-4-6-10/h2-7H,8-9H2,1H3. The molecule has 1 aromatic carbocycles. The summed E-state index contributed by atoms with van der Waals surface area (Å²) in [6.45, 7) is 0.518. The van der Waals surface area contributed by atoms with Gasteiger partial charge in [0, 0.05) is 0 Å². The van der Waals surface area contributed by atoms with Crippen LogP contribution in [0, 0.1) is 0 Å². The Bertz CT molecular complexity index is 681. The highest BCUT2D eigenvalue weighted by atomic mass is 32.2. The number of fused-ring (bicyclic) bond motifs is 1.